The number of hydrogen-bond acceptors (Lipinski definition) is 5. The van der Waals surface area contributed by atoms with Gasteiger partial charge in [0.05, 0.1) is 5.69 Å². The lowest BCUT2D eigenvalue weighted by molar-refractivity contribution is 0.102. The van der Waals surface area contributed by atoms with Crippen LogP contribution >= 0.6 is 12.8 Å². The lowest BCUT2D eigenvalue weighted by Gasteiger charge is -2.15. The maximum absolute atomic E-state index is 12.8. The van der Waals surface area contributed by atoms with Crippen LogP contribution < -0.4 is 15.4 Å². The molecule has 0 spiro atoms. The van der Waals surface area contributed by atoms with Crippen LogP contribution in [0.2, 0.25) is 0 Å². The Labute approximate surface area is 241 Å². The maximum atomic E-state index is 12.8. The third-order valence-corrected chi connectivity index (χ3v) is 6.17. The molecule has 0 aliphatic rings. The number of carbonyl (C=O) groups excluding carboxylic acids is 1. The molecule has 0 aliphatic carbocycles. The van der Waals surface area contributed by atoms with E-state index in [1.807, 2.05) is 98.9 Å². The van der Waals surface area contributed by atoms with Crippen molar-refractivity contribution in [1.82, 2.24) is 4.98 Å². The van der Waals surface area contributed by atoms with Crippen LogP contribution in [0.3, 0.4) is 0 Å². The second kappa shape index (κ2) is 18.8. The first-order valence-electron chi connectivity index (χ1n) is 13.9. The van der Waals surface area contributed by atoms with Crippen molar-refractivity contribution in [2.45, 2.75) is 61.3 Å². The van der Waals surface area contributed by atoms with E-state index in [2.05, 4.69) is 56.0 Å². The molecule has 0 saturated carbocycles. The molecule has 3 N–H and O–H groups in total. The van der Waals surface area contributed by atoms with Crippen LogP contribution in [0.15, 0.2) is 79.0 Å². The fourth-order valence-electron chi connectivity index (χ4n) is 3.46. The third kappa shape index (κ3) is 10.4. The molecule has 1 heterocycles. The summed E-state index contributed by atoms with van der Waals surface area (Å²) in [6.45, 7) is 15.9. The predicted octanol–water partition coefficient (Wildman–Crippen LogP) is 8.93. The Hall–Kier alpha value is -3.35. The topological polar surface area (TPSA) is 71.2 Å². The monoisotopic (exact) mass is 546 g/mol. The first-order valence-corrected chi connectivity index (χ1v) is 14.3. The first kappa shape index (κ1) is 33.7. The number of unbranched alkanes of at least 4 members (excludes halogenated alkanes) is 1. The van der Waals surface area contributed by atoms with Crippen LogP contribution in [-0.2, 0) is 0 Å². The van der Waals surface area contributed by atoms with Gasteiger partial charge in [0, 0.05) is 40.6 Å². The number of amides is 1. The van der Waals surface area contributed by atoms with E-state index in [1.54, 1.807) is 0 Å². The zero-order chi connectivity index (χ0) is 29.2. The molecule has 1 amide bonds. The summed E-state index contributed by atoms with van der Waals surface area (Å²) in [6.07, 6.45) is 4.46. The molecule has 0 fully saturated rings. The van der Waals surface area contributed by atoms with Gasteiger partial charge in [0.1, 0.15) is 0 Å². The Bertz CT molecular complexity index is 1250. The summed E-state index contributed by atoms with van der Waals surface area (Å²) in [4.78, 5) is 17.4. The average molecular weight is 547 g/mol. The van der Waals surface area contributed by atoms with Gasteiger partial charge in [-0.3, -0.25) is 9.78 Å². The van der Waals surface area contributed by atoms with E-state index in [0.717, 1.165) is 52.1 Å². The predicted molar refractivity (Wildman–Crippen MR) is 175 cm³/mol. The van der Waals surface area contributed by atoms with Crippen molar-refractivity contribution >= 4 is 40.9 Å². The Kier molecular flexibility index (Phi) is 16.3. The summed E-state index contributed by atoms with van der Waals surface area (Å²) in [5, 5.41) is 5.24. The molecule has 5 nitrogen and oxygen atoms in total. The summed E-state index contributed by atoms with van der Waals surface area (Å²) in [6, 6.07) is 23.5. The molecule has 4 aromatic rings. The number of nitrogens with one attached hydrogen (secondary N) is 1. The summed E-state index contributed by atoms with van der Waals surface area (Å²) in [5.74, 6) is -0.149. The smallest absolute Gasteiger partial charge is 0.255 e. The second-order valence-electron chi connectivity index (χ2n) is 8.54. The highest BCUT2D eigenvalue weighted by molar-refractivity contribution is 7.81. The molecule has 39 heavy (non-hydrogen) atoms. The Morgan fingerprint density at radius 2 is 1.54 bits per heavy atom. The average Bonchev–Trinajstić information content (AvgIpc) is 2.99. The molecule has 0 atom stereocenters. The van der Waals surface area contributed by atoms with Gasteiger partial charge < -0.3 is 15.4 Å². The van der Waals surface area contributed by atoms with Crippen molar-refractivity contribution < 1.29 is 4.79 Å². The van der Waals surface area contributed by atoms with Gasteiger partial charge in [-0.15, -0.1) is 0 Å². The van der Waals surface area contributed by atoms with Crippen LogP contribution in [0.4, 0.5) is 11.4 Å². The number of benzene rings is 3. The zero-order valence-corrected chi connectivity index (χ0v) is 25.6. The highest BCUT2D eigenvalue weighted by Crippen LogP contribution is 2.31. The van der Waals surface area contributed by atoms with Gasteiger partial charge in [0.2, 0.25) is 0 Å². The van der Waals surface area contributed by atoms with Gasteiger partial charge in [-0.2, -0.15) is 0 Å². The van der Waals surface area contributed by atoms with E-state index in [-0.39, 0.29) is 5.91 Å². The molecule has 6 heteroatoms. The lowest BCUT2D eigenvalue weighted by atomic mass is 9.99. The first-order chi connectivity index (χ1) is 18.9. The van der Waals surface area contributed by atoms with Crippen molar-refractivity contribution in [2.75, 3.05) is 22.7 Å². The zero-order valence-electron chi connectivity index (χ0n) is 24.7. The summed E-state index contributed by atoms with van der Waals surface area (Å²) >= 11 is 4.39. The number of thiol groups is 1. The highest BCUT2D eigenvalue weighted by atomic mass is 32.1. The molecule has 1 aromatic heterocycles. The van der Waals surface area contributed by atoms with E-state index in [0.29, 0.717) is 5.56 Å². The molecule has 4 rings (SSSR count). The Balaban J connectivity index is 0.000000748. The van der Waals surface area contributed by atoms with Crippen LogP contribution in [0.1, 0.15) is 70.3 Å². The number of aryl methyl sites for hydroxylation is 1. The minimum atomic E-state index is -0.149. The summed E-state index contributed by atoms with van der Waals surface area (Å²) in [5.41, 5.74) is 10.2. The number of pyridine rings is 1. The Morgan fingerprint density at radius 1 is 0.923 bits per heavy atom. The van der Waals surface area contributed by atoms with E-state index >= 15 is 0 Å². The maximum Gasteiger partial charge on any atom is 0.255 e. The van der Waals surface area contributed by atoms with E-state index in [4.69, 9.17) is 5.73 Å². The van der Waals surface area contributed by atoms with E-state index in [9.17, 15) is 4.79 Å². The third-order valence-electron chi connectivity index (χ3n) is 5.65. The van der Waals surface area contributed by atoms with Gasteiger partial charge in [-0.1, -0.05) is 90.6 Å². The van der Waals surface area contributed by atoms with Crippen molar-refractivity contribution in [3.05, 3.63) is 90.1 Å². The van der Waals surface area contributed by atoms with Crippen molar-refractivity contribution in [3.63, 3.8) is 0 Å². The number of hydrogen-bond donors (Lipinski definition) is 3. The van der Waals surface area contributed by atoms with Gasteiger partial charge in [-0.25, -0.2) is 0 Å². The highest BCUT2D eigenvalue weighted by Gasteiger charge is 2.12. The van der Waals surface area contributed by atoms with Gasteiger partial charge in [0.15, 0.2) is 0 Å². The number of anilines is 2. The van der Waals surface area contributed by atoms with Crippen molar-refractivity contribution in [3.8, 4) is 11.3 Å². The summed E-state index contributed by atoms with van der Waals surface area (Å²) < 4.78 is 1.82. The van der Waals surface area contributed by atoms with Gasteiger partial charge in [-0.05, 0) is 73.8 Å². The largest absolute Gasteiger partial charge is 0.331 e. The fraction of sp³-hybridized carbons (Fsp3) is 0.333. The number of nitrogens with zero attached hydrogens (tertiary/aromatic N) is 2. The van der Waals surface area contributed by atoms with Crippen LogP contribution in [0.5, 0.6) is 0 Å². The van der Waals surface area contributed by atoms with E-state index < -0.39 is 0 Å². The Morgan fingerprint density at radius 3 is 2.13 bits per heavy atom. The number of fused-ring (bicyclic) bond motifs is 1. The molecule has 0 radical (unpaired) electrons. The molecular weight excluding hydrogens is 500 g/mol. The molecule has 0 unspecified atom stereocenters. The van der Waals surface area contributed by atoms with Crippen LogP contribution in [0, 0.1) is 6.92 Å². The minimum absolute atomic E-state index is 0.149. The number of aromatic nitrogens is 1. The fourth-order valence-corrected chi connectivity index (χ4v) is 3.59. The van der Waals surface area contributed by atoms with Gasteiger partial charge in [0.25, 0.3) is 5.91 Å². The number of rotatable bonds is 6. The minimum Gasteiger partial charge on any atom is -0.331 e. The lowest BCUT2D eigenvalue weighted by Crippen LogP contribution is -2.13. The molecular formula is C33H46N4OS. The quantitative estimate of drug-likeness (QED) is 0.211. The standard InChI is InChI=1S/C25H23N3OS.C4H10.C2H7N.C2H6/c1-3-28(30)21-12-9-19(10-13-21)25(29)27-20-11-8-17(2)23(16-20)24-22-7-5-4-6-18(22)14-15-26-24;1-3-4-2;1-2-3;1-2/h4-16,30H,3H2,1-2H3,(H,27,29);3-4H2,1-2H3;2-3H2,1H3;1-2H3. The molecule has 0 saturated heterocycles. The number of nitrogens with two attached hydrogens (primary N) is 1. The normalized spacial score (nSPS) is 9.67. The molecule has 0 bridgehead atoms. The van der Waals surface area contributed by atoms with Crippen LogP contribution in [-0.4, -0.2) is 24.0 Å². The molecule has 3 aromatic carbocycles. The molecule has 210 valence electrons. The van der Waals surface area contributed by atoms with Crippen LogP contribution in [0.25, 0.3) is 22.0 Å². The number of carbonyl (C=O) groups is 1. The summed E-state index contributed by atoms with van der Waals surface area (Å²) in [7, 11) is 0. The van der Waals surface area contributed by atoms with Gasteiger partial charge >= 0.3 is 0 Å². The SMILES string of the molecule is CC.CCCC.CCN.CCN(S)c1ccc(C(=O)Nc2ccc(C)c(-c3nccc4ccccc34)c2)cc1. The molecule has 0 aliphatic heterocycles. The van der Waals surface area contributed by atoms with E-state index in [1.165, 1.54) is 12.8 Å². The van der Waals surface area contributed by atoms with Crippen molar-refractivity contribution in [2.24, 2.45) is 5.73 Å². The van der Waals surface area contributed by atoms with Crippen molar-refractivity contribution in [1.29, 1.82) is 0 Å². The second-order valence-corrected chi connectivity index (χ2v) is 9.02.